The minimum Gasteiger partial charge on any atom is -0.352 e. The van der Waals surface area contributed by atoms with E-state index in [9.17, 15) is 9.59 Å². The Morgan fingerprint density at radius 2 is 1.77 bits per heavy atom. The molecule has 1 atom stereocenters. The Hall–Kier alpha value is -1.98. The molecule has 3 rings (SSSR count). The van der Waals surface area contributed by atoms with Crippen molar-refractivity contribution < 1.29 is 9.59 Å². The van der Waals surface area contributed by atoms with Gasteiger partial charge in [0, 0.05) is 22.5 Å². The van der Waals surface area contributed by atoms with Crippen LogP contribution >= 0.6 is 23.4 Å². The molecule has 2 aromatic carbocycles. The molecule has 1 fully saturated rings. The zero-order valence-electron chi connectivity index (χ0n) is 18.1. The molecule has 1 saturated carbocycles. The van der Waals surface area contributed by atoms with E-state index in [2.05, 4.69) is 17.4 Å². The molecule has 2 aromatic rings. The molecule has 2 amide bonds. The third-order valence-electron chi connectivity index (χ3n) is 5.75. The summed E-state index contributed by atoms with van der Waals surface area (Å²) in [7, 11) is 0. The van der Waals surface area contributed by atoms with E-state index in [0.717, 1.165) is 42.6 Å². The van der Waals surface area contributed by atoms with E-state index in [4.69, 9.17) is 11.6 Å². The summed E-state index contributed by atoms with van der Waals surface area (Å²) in [5.74, 6) is 0.264. The first-order valence-corrected chi connectivity index (χ1v) is 12.4. The fourth-order valence-electron chi connectivity index (χ4n) is 4.02. The Balaban J connectivity index is 1.68. The van der Waals surface area contributed by atoms with Gasteiger partial charge in [-0.3, -0.25) is 9.59 Å². The van der Waals surface area contributed by atoms with Gasteiger partial charge < -0.3 is 10.2 Å². The van der Waals surface area contributed by atoms with Crippen molar-refractivity contribution in [3.63, 3.8) is 0 Å². The predicted molar refractivity (Wildman–Crippen MR) is 129 cm³/mol. The Bertz CT molecular complexity index is 838. The monoisotopic (exact) mass is 458 g/mol. The zero-order valence-corrected chi connectivity index (χ0v) is 19.6. The Morgan fingerprint density at radius 1 is 1.10 bits per heavy atom. The van der Waals surface area contributed by atoms with Gasteiger partial charge in [-0.05, 0) is 55.5 Å². The standard InChI is InChI=1S/C25H31ClN2O2S/c1-2-23(25(30)27-21-10-6-7-11-21)28(17-16-19-8-4-3-5-9-19)24(29)18-31-22-14-12-20(26)13-15-22/h3-5,8-9,12-15,21,23H,2,6-7,10-11,16-18H2,1H3,(H,27,30)/t23-/m0/s1. The number of rotatable bonds is 10. The molecule has 1 N–H and O–H groups in total. The molecule has 0 heterocycles. The lowest BCUT2D eigenvalue weighted by Gasteiger charge is -2.31. The van der Waals surface area contributed by atoms with Crippen molar-refractivity contribution in [1.82, 2.24) is 10.2 Å². The van der Waals surface area contributed by atoms with E-state index < -0.39 is 6.04 Å². The largest absolute Gasteiger partial charge is 0.352 e. The maximum Gasteiger partial charge on any atom is 0.243 e. The second-order valence-corrected chi connectivity index (χ2v) is 9.46. The second kappa shape index (κ2) is 12.2. The van der Waals surface area contributed by atoms with Gasteiger partial charge in [0.15, 0.2) is 0 Å². The fraction of sp³-hybridized carbons (Fsp3) is 0.440. The number of nitrogens with zero attached hydrogens (tertiary/aromatic N) is 1. The van der Waals surface area contributed by atoms with Crippen LogP contribution < -0.4 is 5.32 Å². The minimum atomic E-state index is -0.442. The highest BCUT2D eigenvalue weighted by molar-refractivity contribution is 8.00. The predicted octanol–water partition coefficient (Wildman–Crippen LogP) is 5.34. The van der Waals surface area contributed by atoms with E-state index >= 15 is 0 Å². The van der Waals surface area contributed by atoms with E-state index in [1.807, 2.05) is 49.4 Å². The van der Waals surface area contributed by atoms with Crippen LogP contribution in [0.2, 0.25) is 5.02 Å². The molecule has 166 valence electrons. The lowest BCUT2D eigenvalue weighted by molar-refractivity contribution is -0.139. The molecule has 1 aliphatic rings. The van der Waals surface area contributed by atoms with Gasteiger partial charge >= 0.3 is 0 Å². The number of thioether (sulfide) groups is 1. The topological polar surface area (TPSA) is 49.4 Å². The number of carbonyl (C=O) groups is 2. The third-order valence-corrected chi connectivity index (χ3v) is 7.00. The third kappa shape index (κ3) is 7.29. The molecular formula is C25H31ClN2O2S. The van der Waals surface area contributed by atoms with Crippen molar-refractivity contribution in [1.29, 1.82) is 0 Å². The highest BCUT2D eigenvalue weighted by atomic mass is 35.5. The number of carbonyl (C=O) groups excluding carboxylic acids is 2. The lowest BCUT2D eigenvalue weighted by atomic mass is 10.1. The first-order valence-electron chi connectivity index (χ1n) is 11.1. The first-order chi connectivity index (χ1) is 15.1. The molecule has 1 aliphatic carbocycles. The van der Waals surface area contributed by atoms with Gasteiger partial charge in [0.2, 0.25) is 11.8 Å². The van der Waals surface area contributed by atoms with E-state index in [1.54, 1.807) is 4.90 Å². The minimum absolute atomic E-state index is 0.00990. The maximum absolute atomic E-state index is 13.2. The number of benzene rings is 2. The van der Waals surface area contributed by atoms with Crippen molar-refractivity contribution in [3.05, 3.63) is 65.2 Å². The second-order valence-electron chi connectivity index (χ2n) is 7.98. The number of hydrogen-bond acceptors (Lipinski definition) is 3. The summed E-state index contributed by atoms with van der Waals surface area (Å²) >= 11 is 7.44. The van der Waals surface area contributed by atoms with Crippen molar-refractivity contribution in [3.8, 4) is 0 Å². The van der Waals surface area contributed by atoms with Gasteiger partial charge in [-0.1, -0.05) is 61.7 Å². The van der Waals surface area contributed by atoms with Gasteiger partial charge in [-0.25, -0.2) is 0 Å². The van der Waals surface area contributed by atoms with Crippen LogP contribution in [0.25, 0.3) is 0 Å². The molecule has 0 spiro atoms. The van der Waals surface area contributed by atoms with Crippen LogP contribution in [-0.4, -0.2) is 41.1 Å². The maximum atomic E-state index is 13.2. The van der Waals surface area contributed by atoms with Crippen LogP contribution in [0.15, 0.2) is 59.5 Å². The lowest BCUT2D eigenvalue weighted by Crippen LogP contribution is -2.52. The van der Waals surface area contributed by atoms with Crippen LogP contribution in [0.4, 0.5) is 0 Å². The summed E-state index contributed by atoms with van der Waals surface area (Å²) in [6.45, 7) is 2.51. The van der Waals surface area contributed by atoms with Crippen LogP contribution in [0.3, 0.4) is 0 Å². The van der Waals surface area contributed by atoms with Gasteiger partial charge in [-0.15, -0.1) is 11.8 Å². The summed E-state index contributed by atoms with van der Waals surface area (Å²) < 4.78 is 0. The molecule has 4 nitrogen and oxygen atoms in total. The summed E-state index contributed by atoms with van der Waals surface area (Å²) in [5, 5.41) is 3.86. The van der Waals surface area contributed by atoms with Crippen LogP contribution in [-0.2, 0) is 16.0 Å². The summed E-state index contributed by atoms with van der Waals surface area (Å²) in [6, 6.07) is 17.4. The normalized spacial score (nSPS) is 14.9. The molecule has 6 heteroatoms. The van der Waals surface area contributed by atoms with Crippen molar-refractivity contribution in [2.75, 3.05) is 12.3 Å². The molecule has 0 unspecified atom stereocenters. The van der Waals surface area contributed by atoms with E-state index in [-0.39, 0.29) is 17.9 Å². The van der Waals surface area contributed by atoms with Gasteiger partial charge in [0.05, 0.1) is 5.75 Å². The van der Waals surface area contributed by atoms with Crippen molar-refractivity contribution in [2.45, 2.75) is 62.4 Å². The Morgan fingerprint density at radius 3 is 2.42 bits per heavy atom. The first kappa shape index (κ1) is 23.7. The van der Waals surface area contributed by atoms with Crippen molar-refractivity contribution >= 4 is 35.2 Å². The van der Waals surface area contributed by atoms with E-state index in [0.29, 0.717) is 23.7 Å². The Kier molecular flexibility index (Phi) is 9.29. The van der Waals surface area contributed by atoms with Gasteiger partial charge in [-0.2, -0.15) is 0 Å². The van der Waals surface area contributed by atoms with E-state index in [1.165, 1.54) is 11.8 Å². The van der Waals surface area contributed by atoms with Gasteiger partial charge in [0.25, 0.3) is 0 Å². The van der Waals surface area contributed by atoms with Crippen LogP contribution in [0, 0.1) is 0 Å². The molecule has 0 aromatic heterocycles. The molecule has 0 saturated heterocycles. The quantitative estimate of drug-likeness (QED) is 0.489. The number of hydrogen-bond donors (Lipinski definition) is 1. The summed E-state index contributed by atoms with van der Waals surface area (Å²) in [4.78, 5) is 29.1. The number of halogens is 1. The average Bonchev–Trinajstić information content (AvgIpc) is 3.29. The zero-order chi connectivity index (χ0) is 22.1. The molecule has 0 aliphatic heterocycles. The van der Waals surface area contributed by atoms with Crippen LogP contribution in [0.5, 0.6) is 0 Å². The summed E-state index contributed by atoms with van der Waals surface area (Å²) in [6.07, 6.45) is 5.72. The number of amides is 2. The number of nitrogens with one attached hydrogen (secondary N) is 1. The van der Waals surface area contributed by atoms with Gasteiger partial charge in [0.1, 0.15) is 6.04 Å². The molecule has 0 bridgehead atoms. The SMILES string of the molecule is CC[C@@H](C(=O)NC1CCCC1)N(CCc1ccccc1)C(=O)CSc1ccc(Cl)cc1. The highest BCUT2D eigenvalue weighted by Crippen LogP contribution is 2.22. The molecule has 31 heavy (non-hydrogen) atoms. The Labute approximate surface area is 194 Å². The fourth-order valence-corrected chi connectivity index (χ4v) is 4.93. The average molecular weight is 459 g/mol. The molecule has 0 radical (unpaired) electrons. The highest BCUT2D eigenvalue weighted by Gasteiger charge is 2.30. The van der Waals surface area contributed by atoms with Crippen LogP contribution in [0.1, 0.15) is 44.6 Å². The summed E-state index contributed by atoms with van der Waals surface area (Å²) in [5.41, 5.74) is 1.16. The van der Waals surface area contributed by atoms with Crippen molar-refractivity contribution in [2.24, 2.45) is 0 Å². The smallest absolute Gasteiger partial charge is 0.243 e. The molecular weight excluding hydrogens is 428 g/mol.